The molecule has 1 atom stereocenters. The number of aryl methyl sites for hydroxylation is 1. The lowest BCUT2D eigenvalue weighted by Crippen LogP contribution is -2.34. The molecular weight excluding hydrogens is 410 g/mol. The molecule has 3 rings (SSSR count). The number of nitrogens with zero attached hydrogens (tertiary/aromatic N) is 4. The zero-order valence-electron chi connectivity index (χ0n) is 15.5. The van der Waals surface area contributed by atoms with E-state index in [2.05, 4.69) is 36.3 Å². The first-order valence-corrected chi connectivity index (χ1v) is 9.38. The third kappa shape index (κ3) is 3.75. The molecule has 1 aromatic carbocycles. The summed E-state index contributed by atoms with van der Waals surface area (Å²) < 4.78 is 2.12. The Labute approximate surface area is 165 Å². The predicted molar refractivity (Wildman–Crippen MR) is 108 cm³/mol. The molecule has 8 heteroatoms. The van der Waals surface area contributed by atoms with Gasteiger partial charge < -0.3 is 5.32 Å². The number of amides is 1. The summed E-state index contributed by atoms with van der Waals surface area (Å²) in [7, 11) is 0. The van der Waals surface area contributed by atoms with Crippen molar-refractivity contribution in [1.82, 2.24) is 19.7 Å². The molecule has 0 aliphatic carbocycles. The van der Waals surface area contributed by atoms with Crippen LogP contribution in [0.4, 0.5) is 5.82 Å². The highest BCUT2D eigenvalue weighted by molar-refractivity contribution is 9.10. The molecule has 7 nitrogen and oxygen atoms in total. The van der Waals surface area contributed by atoms with E-state index >= 15 is 0 Å². The smallest absolute Gasteiger partial charge is 0.275 e. The van der Waals surface area contributed by atoms with Gasteiger partial charge in [0.15, 0.2) is 0 Å². The molecule has 0 radical (unpaired) electrons. The number of halogens is 1. The third-order valence-corrected chi connectivity index (χ3v) is 4.83. The van der Waals surface area contributed by atoms with Crippen molar-refractivity contribution < 1.29 is 4.79 Å². The fourth-order valence-corrected chi connectivity index (χ4v) is 3.17. The monoisotopic (exact) mass is 429 g/mol. The van der Waals surface area contributed by atoms with Crippen molar-refractivity contribution in [2.45, 2.75) is 39.7 Å². The lowest BCUT2D eigenvalue weighted by molar-refractivity contribution is -0.119. The molecule has 0 bridgehead atoms. The van der Waals surface area contributed by atoms with Gasteiger partial charge in [-0.15, -0.1) is 0 Å². The Morgan fingerprint density at radius 1 is 1.22 bits per heavy atom. The Morgan fingerprint density at radius 3 is 2.63 bits per heavy atom. The highest BCUT2D eigenvalue weighted by Crippen LogP contribution is 2.25. The number of rotatable bonds is 4. The van der Waals surface area contributed by atoms with E-state index in [1.807, 2.05) is 26.0 Å². The SMILES string of the molecule is Cc1cncnc1NC(=O)C(C)n1nc(C(C)C)c2cc(Br)ccc2c1=O. The minimum absolute atomic E-state index is 0.0908. The van der Waals surface area contributed by atoms with E-state index in [0.717, 1.165) is 21.1 Å². The van der Waals surface area contributed by atoms with E-state index in [1.54, 1.807) is 26.1 Å². The molecule has 140 valence electrons. The van der Waals surface area contributed by atoms with Gasteiger partial charge in [-0.05, 0) is 38.0 Å². The van der Waals surface area contributed by atoms with Crippen LogP contribution in [0.25, 0.3) is 10.8 Å². The molecule has 2 heterocycles. The van der Waals surface area contributed by atoms with Crippen molar-refractivity contribution in [2.24, 2.45) is 0 Å². The number of benzene rings is 1. The minimum Gasteiger partial charge on any atom is -0.309 e. The van der Waals surface area contributed by atoms with E-state index in [0.29, 0.717) is 11.2 Å². The van der Waals surface area contributed by atoms with Crippen LogP contribution in [-0.4, -0.2) is 25.7 Å². The Morgan fingerprint density at radius 2 is 1.96 bits per heavy atom. The van der Waals surface area contributed by atoms with E-state index in [9.17, 15) is 9.59 Å². The van der Waals surface area contributed by atoms with Gasteiger partial charge in [-0.25, -0.2) is 14.6 Å². The predicted octanol–water partition coefficient (Wildman–Crippen LogP) is 3.58. The van der Waals surface area contributed by atoms with Crippen LogP contribution in [0.1, 0.15) is 44.0 Å². The maximum Gasteiger partial charge on any atom is 0.275 e. The summed E-state index contributed by atoms with van der Waals surface area (Å²) in [6.45, 7) is 7.46. The molecule has 2 aromatic heterocycles. The summed E-state index contributed by atoms with van der Waals surface area (Å²) in [6, 6.07) is 4.66. The Bertz CT molecular complexity index is 1080. The minimum atomic E-state index is -0.794. The maximum absolute atomic E-state index is 13.0. The Balaban J connectivity index is 2.06. The highest BCUT2D eigenvalue weighted by atomic mass is 79.9. The molecule has 0 spiro atoms. The quantitative estimate of drug-likeness (QED) is 0.684. The van der Waals surface area contributed by atoms with Gasteiger partial charge in [0.1, 0.15) is 18.2 Å². The molecule has 1 unspecified atom stereocenters. The first-order valence-electron chi connectivity index (χ1n) is 8.59. The molecule has 0 aliphatic rings. The standard InChI is InChI=1S/C19H20BrN5O2/c1-10(2)16-15-7-13(20)5-6-14(15)19(27)25(24-16)12(4)18(26)23-17-11(3)8-21-9-22-17/h5-10,12H,1-4H3,(H,21,22,23,26). The molecule has 0 saturated carbocycles. The van der Waals surface area contributed by atoms with E-state index in [-0.39, 0.29) is 17.4 Å². The molecule has 27 heavy (non-hydrogen) atoms. The second-order valence-corrected chi connectivity index (χ2v) is 7.61. The zero-order chi connectivity index (χ0) is 19.7. The first-order chi connectivity index (χ1) is 12.8. The second kappa shape index (κ2) is 7.56. The number of nitrogens with one attached hydrogen (secondary N) is 1. The van der Waals surface area contributed by atoms with Crippen LogP contribution in [0, 0.1) is 6.92 Å². The fourth-order valence-electron chi connectivity index (χ4n) is 2.80. The summed E-state index contributed by atoms with van der Waals surface area (Å²) in [5.74, 6) is 0.147. The molecule has 1 amide bonds. The summed E-state index contributed by atoms with van der Waals surface area (Å²) in [6.07, 6.45) is 2.98. The van der Waals surface area contributed by atoms with E-state index in [1.165, 1.54) is 11.0 Å². The van der Waals surface area contributed by atoms with Gasteiger partial charge >= 0.3 is 0 Å². The normalized spacial score (nSPS) is 12.4. The first kappa shape index (κ1) is 19.2. The zero-order valence-corrected chi connectivity index (χ0v) is 17.1. The van der Waals surface area contributed by atoms with Crippen LogP contribution >= 0.6 is 15.9 Å². The highest BCUT2D eigenvalue weighted by Gasteiger charge is 2.22. The van der Waals surface area contributed by atoms with Gasteiger partial charge in [-0.2, -0.15) is 5.10 Å². The maximum atomic E-state index is 13.0. The van der Waals surface area contributed by atoms with Crippen molar-refractivity contribution in [3.8, 4) is 0 Å². The van der Waals surface area contributed by atoms with Gasteiger partial charge in [-0.1, -0.05) is 29.8 Å². The topological polar surface area (TPSA) is 89.8 Å². The number of hydrogen-bond donors (Lipinski definition) is 1. The number of carbonyl (C=O) groups excluding carboxylic acids is 1. The number of anilines is 1. The van der Waals surface area contributed by atoms with Gasteiger partial charge in [0, 0.05) is 21.6 Å². The van der Waals surface area contributed by atoms with E-state index < -0.39 is 6.04 Å². The van der Waals surface area contributed by atoms with Crippen LogP contribution in [0.15, 0.2) is 40.0 Å². The average Bonchev–Trinajstić information content (AvgIpc) is 2.63. The Kier molecular flexibility index (Phi) is 5.36. The van der Waals surface area contributed by atoms with Crippen LogP contribution in [0.3, 0.4) is 0 Å². The van der Waals surface area contributed by atoms with Crippen molar-refractivity contribution in [1.29, 1.82) is 0 Å². The summed E-state index contributed by atoms with van der Waals surface area (Å²) >= 11 is 3.44. The van der Waals surface area contributed by atoms with Crippen LogP contribution in [-0.2, 0) is 4.79 Å². The summed E-state index contributed by atoms with van der Waals surface area (Å²) in [5, 5.41) is 8.59. The lowest BCUT2D eigenvalue weighted by atomic mass is 10.0. The van der Waals surface area contributed by atoms with Gasteiger partial charge in [0.2, 0.25) is 5.91 Å². The second-order valence-electron chi connectivity index (χ2n) is 6.70. The van der Waals surface area contributed by atoms with Crippen molar-refractivity contribution >= 4 is 38.4 Å². The van der Waals surface area contributed by atoms with Crippen LogP contribution in [0.2, 0.25) is 0 Å². The molecule has 3 aromatic rings. The fraction of sp³-hybridized carbons (Fsp3) is 0.316. The Hall–Kier alpha value is -2.61. The molecular formula is C19H20BrN5O2. The number of hydrogen-bond acceptors (Lipinski definition) is 5. The van der Waals surface area contributed by atoms with Crippen molar-refractivity contribution in [3.63, 3.8) is 0 Å². The lowest BCUT2D eigenvalue weighted by Gasteiger charge is -2.18. The number of aromatic nitrogens is 4. The average molecular weight is 430 g/mol. The third-order valence-electron chi connectivity index (χ3n) is 4.34. The summed E-state index contributed by atoms with van der Waals surface area (Å²) in [4.78, 5) is 33.6. The molecule has 0 fully saturated rings. The van der Waals surface area contributed by atoms with Crippen molar-refractivity contribution in [2.75, 3.05) is 5.32 Å². The number of carbonyl (C=O) groups is 1. The van der Waals surface area contributed by atoms with E-state index in [4.69, 9.17) is 0 Å². The van der Waals surface area contributed by atoms with Crippen molar-refractivity contribution in [3.05, 3.63) is 56.8 Å². The molecule has 0 aliphatic heterocycles. The number of fused-ring (bicyclic) bond motifs is 1. The molecule has 1 N–H and O–H groups in total. The van der Waals surface area contributed by atoms with Crippen LogP contribution in [0.5, 0.6) is 0 Å². The van der Waals surface area contributed by atoms with Crippen LogP contribution < -0.4 is 10.9 Å². The molecule has 0 saturated heterocycles. The largest absolute Gasteiger partial charge is 0.309 e. The van der Waals surface area contributed by atoms with Gasteiger partial charge in [-0.3, -0.25) is 9.59 Å². The summed E-state index contributed by atoms with van der Waals surface area (Å²) in [5.41, 5.74) is 1.21. The van der Waals surface area contributed by atoms with Gasteiger partial charge in [0.25, 0.3) is 5.56 Å². The van der Waals surface area contributed by atoms with Gasteiger partial charge in [0.05, 0.1) is 11.1 Å².